The van der Waals surface area contributed by atoms with Crippen molar-refractivity contribution in [2.24, 2.45) is 5.92 Å². The molecule has 0 unspecified atom stereocenters. The number of benzene rings is 3. The fourth-order valence-corrected chi connectivity index (χ4v) is 4.66. The van der Waals surface area contributed by atoms with Crippen LogP contribution in [-0.4, -0.2) is 12.6 Å². The summed E-state index contributed by atoms with van der Waals surface area (Å²) in [6.45, 7) is 3.54. The normalized spacial score (nSPS) is 17.5. The van der Waals surface area contributed by atoms with Gasteiger partial charge in [0.2, 0.25) is 5.82 Å². The Labute approximate surface area is 212 Å². The first-order valence-electron chi connectivity index (χ1n) is 12.3. The summed E-state index contributed by atoms with van der Waals surface area (Å²) in [6, 6.07) is 9.07. The predicted octanol–water partition coefficient (Wildman–Crippen LogP) is 8.03. The highest BCUT2D eigenvalue weighted by molar-refractivity contribution is 5.76. The molecule has 0 spiro atoms. The molecule has 1 saturated carbocycles. The summed E-state index contributed by atoms with van der Waals surface area (Å²) >= 11 is 0. The third-order valence-corrected chi connectivity index (χ3v) is 6.76. The summed E-state index contributed by atoms with van der Waals surface area (Å²) in [5, 5.41) is 0. The van der Waals surface area contributed by atoms with E-state index in [4.69, 9.17) is 9.47 Å². The number of carbonyl (C=O) groups excluding carboxylic acids is 1. The van der Waals surface area contributed by atoms with E-state index in [9.17, 15) is 26.7 Å². The predicted molar refractivity (Wildman–Crippen MR) is 129 cm³/mol. The maximum Gasteiger partial charge on any atom is 0.314 e. The molecule has 0 aromatic heterocycles. The number of esters is 1. The molecule has 1 aliphatic rings. The summed E-state index contributed by atoms with van der Waals surface area (Å²) < 4.78 is 82.5. The Balaban J connectivity index is 1.41. The first kappa shape index (κ1) is 26.6. The summed E-state index contributed by atoms with van der Waals surface area (Å²) in [5.74, 6) is -6.58. The van der Waals surface area contributed by atoms with Crippen molar-refractivity contribution in [1.82, 2.24) is 0 Å². The molecule has 196 valence electrons. The van der Waals surface area contributed by atoms with Gasteiger partial charge in [0, 0.05) is 17.2 Å². The highest BCUT2D eigenvalue weighted by atomic mass is 19.2. The fraction of sp³-hybridized carbons (Fsp3) is 0.345. The van der Waals surface area contributed by atoms with Crippen LogP contribution in [0.5, 0.6) is 11.5 Å². The number of hydrogen-bond acceptors (Lipinski definition) is 3. The first-order valence-corrected chi connectivity index (χ1v) is 12.3. The molecule has 0 atom stereocenters. The number of halogens is 5. The van der Waals surface area contributed by atoms with Crippen LogP contribution in [0.2, 0.25) is 0 Å². The highest BCUT2D eigenvalue weighted by Crippen LogP contribution is 2.39. The van der Waals surface area contributed by atoms with E-state index in [-0.39, 0.29) is 40.7 Å². The molecule has 0 N–H and O–H groups in total. The van der Waals surface area contributed by atoms with Crippen LogP contribution in [0.25, 0.3) is 11.1 Å². The smallest absolute Gasteiger partial charge is 0.314 e. The average Bonchev–Trinajstić information content (AvgIpc) is 2.89. The van der Waals surface area contributed by atoms with Gasteiger partial charge in [-0.2, -0.15) is 4.39 Å². The molecule has 0 bridgehead atoms. The Hall–Kier alpha value is -3.42. The van der Waals surface area contributed by atoms with Crippen molar-refractivity contribution in [2.75, 3.05) is 6.61 Å². The third-order valence-electron chi connectivity index (χ3n) is 6.76. The van der Waals surface area contributed by atoms with E-state index in [1.165, 1.54) is 31.2 Å². The molecule has 3 aromatic carbocycles. The van der Waals surface area contributed by atoms with Gasteiger partial charge in [0.05, 0.1) is 12.5 Å². The van der Waals surface area contributed by atoms with Crippen molar-refractivity contribution in [2.45, 2.75) is 51.9 Å². The Morgan fingerprint density at radius 2 is 1.54 bits per heavy atom. The summed E-state index contributed by atoms with van der Waals surface area (Å²) in [4.78, 5) is 12.7. The standard InChI is InChI=1S/C29H27F5O3/c1-3-14-36-24-13-12-22(27(33)28(24)34)21-11-9-19(15-23(21)30)37-29(35)18-7-5-17(6-8-18)20-10-4-16(2)25(31)26(20)32/h4,9-13,15,17-18H,3,5-8,14H2,1-2H3. The van der Waals surface area contributed by atoms with Crippen LogP contribution in [0, 0.1) is 41.9 Å². The largest absolute Gasteiger partial charge is 0.490 e. The maximum atomic E-state index is 14.8. The Morgan fingerprint density at radius 1 is 0.838 bits per heavy atom. The zero-order valence-corrected chi connectivity index (χ0v) is 20.6. The average molecular weight is 519 g/mol. The molecule has 8 heteroatoms. The van der Waals surface area contributed by atoms with Crippen LogP contribution in [0.15, 0.2) is 42.5 Å². The molecule has 1 aliphatic carbocycles. The molecule has 0 saturated heterocycles. The molecule has 0 heterocycles. The Bertz CT molecular complexity index is 1300. The third kappa shape index (κ3) is 5.63. The van der Waals surface area contributed by atoms with Gasteiger partial charge in [0.1, 0.15) is 11.6 Å². The lowest BCUT2D eigenvalue weighted by molar-refractivity contribution is -0.140. The van der Waals surface area contributed by atoms with Gasteiger partial charge in [0.15, 0.2) is 23.2 Å². The summed E-state index contributed by atoms with van der Waals surface area (Å²) in [5.41, 5.74) is 0.0739. The van der Waals surface area contributed by atoms with Gasteiger partial charge in [-0.1, -0.05) is 19.1 Å². The molecular weight excluding hydrogens is 491 g/mol. The minimum absolute atomic E-state index is 0.0659. The fourth-order valence-electron chi connectivity index (χ4n) is 4.66. The Morgan fingerprint density at radius 3 is 2.22 bits per heavy atom. The second kappa shape index (κ2) is 11.3. The Kier molecular flexibility index (Phi) is 8.15. The van der Waals surface area contributed by atoms with Gasteiger partial charge in [-0.15, -0.1) is 0 Å². The zero-order chi connectivity index (χ0) is 26.7. The van der Waals surface area contributed by atoms with E-state index < -0.39 is 41.0 Å². The van der Waals surface area contributed by atoms with E-state index >= 15 is 0 Å². The second-order valence-corrected chi connectivity index (χ2v) is 9.30. The van der Waals surface area contributed by atoms with Crippen molar-refractivity contribution >= 4 is 5.97 Å². The lowest BCUT2D eigenvalue weighted by Gasteiger charge is -2.28. The van der Waals surface area contributed by atoms with Gasteiger partial charge in [-0.3, -0.25) is 4.79 Å². The van der Waals surface area contributed by atoms with Gasteiger partial charge in [-0.05, 0) is 80.3 Å². The van der Waals surface area contributed by atoms with Crippen LogP contribution in [0.3, 0.4) is 0 Å². The van der Waals surface area contributed by atoms with Crippen molar-refractivity contribution in [1.29, 1.82) is 0 Å². The first-order chi connectivity index (χ1) is 17.7. The number of rotatable bonds is 7. The van der Waals surface area contributed by atoms with Crippen molar-refractivity contribution in [3.63, 3.8) is 0 Å². The van der Waals surface area contributed by atoms with Crippen LogP contribution < -0.4 is 9.47 Å². The van der Waals surface area contributed by atoms with Crippen LogP contribution in [0.4, 0.5) is 22.0 Å². The number of hydrogen-bond donors (Lipinski definition) is 0. The van der Waals surface area contributed by atoms with E-state index in [0.29, 0.717) is 37.7 Å². The lowest BCUT2D eigenvalue weighted by Crippen LogP contribution is -2.25. The zero-order valence-electron chi connectivity index (χ0n) is 20.6. The molecule has 3 nitrogen and oxygen atoms in total. The van der Waals surface area contributed by atoms with Crippen LogP contribution >= 0.6 is 0 Å². The van der Waals surface area contributed by atoms with Crippen molar-refractivity contribution in [3.8, 4) is 22.6 Å². The maximum absolute atomic E-state index is 14.8. The molecule has 37 heavy (non-hydrogen) atoms. The number of ether oxygens (including phenoxy) is 2. The lowest BCUT2D eigenvalue weighted by atomic mass is 9.78. The van der Waals surface area contributed by atoms with E-state index in [0.717, 1.165) is 6.07 Å². The van der Waals surface area contributed by atoms with Gasteiger partial charge < -0.3 is 9.47 Å². The highest BCUT2D eigenvalue weighted by Gasteiger charge is 2.30. The van der Waals surface area contributed by atoms with Crippen LogP contribution in [0.1, 0.15) is 56.1 Å². The van der Waals surface area contributed by atoms with Gasteiger partial charge in [-0.25, -0.2) is 17.6 Å². The van der Waals surface area contributed by atoms with E-state index in [1.54, 1.807) is 12.1 Å². The molecule has 0 aliphatic heterocycles. The molecule has 4 rings (SSSR count). The summed E-state index contributed by atoms with van der Waals surface area (Å²) in [7, 11) is 0. The number of aryl methyl sites for hydroxylation is 1. The molecule has 0 radical (unpaired) electrons. The van der Waals surface area contributed by atoms with Crippen LogP contribution in [-0.2, 0) is 4.79 Å². The SMILES string of the molecule is CCCOc1ccc(-c2ccc(OC(=O)C3CCC(c4ccc(C)c(F)c4F)CC3)cc2F)c(F)c1F. The molecular formula is C29H27F5O3. The van der Waals surface area contributed by atoms with E-state index in [2.05, 4.69) is 0 Å². The molecule has 0 amide bonds. The van der Waals surface area contributed by atoms with Crippen molar-refractivity contribution < 1.29 is 36.2 Å². The van der Waals surface area contributed by atoms with Gasteiger partial charge in [0.25, 0.3) is 0 Å². The molecule has 3 aromatic rings. The quantitative estimate of drug-likeness (QED) is 0.180. The van der Waals surface area contributed by atoms with Gasteiger partial charge >= 0.3 is 5.97 Å². The topological polar surface area (TPSA) is 35.5 Å². The van der Waals surface area contributed by atoms with E-state index in [1.807, 2.05) is 6.92 Å². The minimum Gasteiger partial charge on any atom is -0.490 e. The summed E-state index contributed by atoms with van der Waals surface area (Å²) in [6.07, 6.45) is 2.40. The second-order valence-electron chi connectivity index (χ2n) is 9.30. The molecule has 1 fully saturated rings. The minimum atomic E-state index is -1.24. The van der Waals surface area contributed by atoms with Crippen molar-refractivity contribution in [3.05, 3.63) is 82.7 Å². The number of carbonyl (C=O) groups is 1. The monoisotopic (exact) mass is 518 g/mol.